The third kappa shape index (κ3) is 5.08. The number of hydrogen-bond donors (Lipinski definition) is 2. The number of nitrogens with one attached hydrogen (secondary N) is 1. The van der Waals surface area contributed by atoms with E-state index in [1.54, 1.807) is 0 Å². The van der Waals surface area contributed by atoms with Crippen LogP contribution >= 0.6 is 0 Å². The van der Waals surface area contributed by atoms with Crippen molar-refractivity contribution in [2.75, 3.05) is 26.9 Å². The number of carbonyl (C=O) groups excluding carboxylic acids is 1. The number of halogens is 1. The second-order valence-electron chi connectivity index (χ2n) is 3.71. The first-order chi connectivity index (χ1) is 9.19. The molecule has 0 saturated heterocycles. The van der Waals surface area contributed by atoms with Crippen LogP contribution in [-0.4, -0.2) is 37.9 Å². The summed E-state index contributed by atoms with van der Waals surface area (Å²) in [5, 5.41) is 11.3. The number of aliphatic hydroxyl groups excluding tert-OH is 1. The van der Waals surface area contributed by atoms with Crippen LogP contribution in [0, 0.1) is 17.7 Å². The van der Waals surface area contributed by atoms with Crippen molar-refractivity contribution < 1.29 is 19.0 Å². The number of rotatable bonds is 5. The molecule has 1 amide bonds. The largest absolute Gasteiger partial charge is 0.395 e. The minimum absolute atomic E-state index is 0.0717. The number of hydrogen-bond acceptors (Lipinski definition) is 3. The summed E-state index contributed by atoms with van der Waals surface area (Å²) in [5.74, 6) is 4.57. The molecule has 19 heavy (non-hydrogen) atoms. The van der Waals surface area contributed by atoms with Crippen LogP contribution in [0.15, 0.2) is 18.2 Å². The Kier molecular flexibility index (Phi) is 6.58. The SMILES string of the molecule is COCCNC(=O)c1ccc(F)cc1C#CCCO. The summed E-state index contributed by atoms with van der Waals surface area (Å²) >= 11 is 0. The Morgan fingerprint density at radius 1 is 1.53 bits per heavy atom. The molecule has 0 bridgehead atoms. The summed E-state index contributed by atoms with van der Waals surface area (Å²) in [6.45, 7) is 0.701. The Morgan fingerprint density at radius 3 is 3.00 bits per heavy atom. The Balaban J connectivity index is 2.87. The number of aliphatic hydroxyl groups is 1. The van der Waals surface area contributed by atoms with E-state index in [1.807, 2.05) is 0 Å². The first-order valence-corrected chi connectivity index (χ1v) is 5.85. The number of amides is 1. The van der Waals surface area contributed by atoms with Crippen molar-refractivity contribution in [1.82, 2.24) is 5.32 Å². The fourth-order valence-electron chi connectivity index (χ4n) is 1.39. The van der Waals surface area contributed by atoms with Gasteiger partial charge in [-0.05, 0) is 18.2 Å². The van der Waals surface area contributed by atoms with Crippen LogP contribution in [0.3, 0.4) is 0 Å². The molecular weight excluding hydrogens is 249 g/mol. The van der Waals surface area contributed by atoms with Gasteiger partial charge in [-0.25, -0.2) is 4.39 Å². The lowest BCUT2D eigenvalue weighted by molar-refractivity contribution is 0.0937. The van der Waals surface area contributed by atoms with Crippen LogP contribution in [0.1, 0.15) is 22.3 Å². The molecule has 0 aliphatic heterocycles. The van der Waals surface area contributed by atoms with Crippen molar-refractivity contribution in [2.24, 2.45) is 0 Å². The highest BCUT2D eigenvalue weighted by molar-refractivity contribution is 5.96. The van der Waals surface area contributed by atoms with Crippen molar-refractivity contribution in [3.05, 3.63) is 35.1 Å². The lowest BCUT2D eigenvalue weighted by atomic mass is 10.1. The molecule has 0 radical (unpaired) electrons. The molecule has 0 heterocycles. The van der Waals surface area contributed by atoms with Crippen molar-refractivity contribution in [3.63, 3.8) is 0 Å². The number of methoxy groups -OCH3 is 1. The van der Waals surface area contributed by atoms with Gasteiger partial charge in [-0.3, -0.25) is 4.79 Å². The van der Waals surface area contributed by atoms with Crippen molar-refractivity contribution in [1.29, 1.82) is 0 Å². The normalized spacial score (nSPS) is 9.63. The second kappa shape index (κ2) is 8.25. The molecule has 0 aliphatic rings. The summed E-state index contributed by atoms with van der Waals surface area (Å²) in [7, 11) is 1.54. The summed E-state index contributed by atoms with van der Waals surface area (Å²) in [4.78, 5) is 11.9. The molecule has 0 unspecified atom stereocenters. The molecule has 0 aliphatic carbocycles. The zero-order valence-corrected chi connectivity index (χ0v) is 10.7. The van der Waals surface area contributed by atoms with Gasteiger partial charge in [-0.15, -0.1) is 0 Å². The first-order valence-electron chi connectivity index (χ1n) is 5.85. The summed E-state index contributed by atoms with van der Waals surface area (Å²) in [5.41, 5.74) is 0.617. The van der Waals surface area contributed by atoms with E-state index in [4.69, 9.17) is 9.84 Å². The third-order valence-electron chi connectivity index (χ3n) is 2.28. The van der Waals surface area contributed by atoms with E-state index in [2.05, 4.69) is 17.2 Å². The Hall–Kier alpha value is -1.90. The van der Waals surface area contributed by atoms with E-state index < -0.39 is 5.82 Å². The molecule has 0 aromatic heterocycles. The molecule has 2 N–H and O–H groups in total. The maximum Gasteiger partial charge on any atom is 0.252 e. The van der Waals surface area contributed by atoms with Crippen LogP contribution in [0.5, 0.6) is 0 Å². The topological polar surface area (TPSA) is 58.6 Å². The molecule has 102 valence electrons. The smallest absolute Gasteiger partial charge is 0.252 e. The standard InChI is InChI=1S/C14H16FNO3/c1-19-9-7-16-14(18)13-6-5-12(15)10-11(13)4-2-3-8-17/h5-6,10,17H,3,7-9H2,1H3,(H,16,18). The number of ether oxygens (including phenoxy) is 1. The average Bonchev–Trinajstić information content (AvgIpc) is 2.39. The van der Waals surface area contributed by atoms with Crippen molar-refractivity contribution in [2.45, 2.75) is 6.42 Å². The molecule has 4 nitrogen and oxygen atoms in total. The van der Waals surface area contributed by atoms with Crippen molar-refractivity contribution in [3.8, 4) is 11.8 Å². The maximum absolute atomic E-state index is 13.2. The van der Waals surface area contributed by atoms with Crippen LogP contribution in [0.25, 0.3) is 0 Å². The van der Waals surface area contributed by atoms with E-state index in [0.717, 1.165) is 0 Å². The molecule has 0 atom stereocenters. The number of carbonyl (C=O) groups is 1. The monoisotopic (exact) mass is 265 g/mol. The average molecular weight is 265 g/mol. The molecule has 1 aromatic rings. The van der Waals surface area contributed by atoms with Gasteiger partial charge in [0.2, 0.25) is 0 Å². The quantitative estimate of drug-likeness (QED) is 0.615. The zero-order valence-electron chi connectivity index (χ0n) is 10.7. The molecular formula is C14H16FNO3. The van der Waals surface area contributed by atoms with E-state index in [9.17, 15) is 9.18 Å². The minimum Gasteiger partial charge on any atom is -0.395 e. The highest BCUT2D eigenvalue weighted by Crippen LogP contribution is 2.10. The van der Waals surface area contributed by atoms with E-state index in [0.29, 0.717) is 24.3 Å². The summed E-state index contributed by atoms with van der Waals surface area (Å²) < 4.78 is 18.0. The fourth-order valence-corrected chi connectivity index (χ4v) is 1.39. The van der Waals surface area contributed by atoms with Crippen LogP contribution < -0.4 is 5.32 Å². The van der Waals surface area contributed by atoms with E-state index in [-0.39, 0.29) is 18.9 Å². The molecule has 5 heteroatoms. The molecule has 0 spiro atoms. The van der Waals surface area contributed by atoms with Crippen LogP contribution in [0.4, 0.5) is 4.39 Å². The maximum atomic E-state index is 13.2. The van der Waals surface area contributed by atoms with Gasteiger partial charge in [0.15, 0.2) is 0 Å². The first kappa shape index (κ1) is 15.2. The van der Waals surface area contributed by atoms with Gasteiger partial charge in [-0.2, -0.15) is 0 Å². The van der Waals surface area contributed by atoms with Gasteiger partial charge in [0, 0.05) is 25.6 Å². The van der Waals surface area contributed by atoms with Gasteiger partial charge in [0.1, 0.15) is 5.82 Å². The Labute approximate surface area is 111 Å². The lowest BCUT2D eigenvalue weighted by Gasteiger charge is -2.06. The fraction of sp³-hybridized carbons (Fsp3) is 0.357. The highest BCUT2D eigenvalue weighted by atomic mass is 19.1. The van der Waals surface area contributed by atoms with Crippen LogP contribution in [0.2, 0.25) is 0 Å². The lowest BCUT2D eigenvalue weighted by Crippen LogP contribution is -2.27. The van der Waals surface area contributed by atoms with E-state index >= 15 is 0 Å². The zero-order chi connectivity index (χ0) is 14.1. The van der Waals surface area contributed by atoms with Gasteiger partial charge in [0.25, 0.3) is 5.91 Å². The van der Waals surface area contributed by atoms with Crippen LogP contribution in [-0.2, 0) is 4.74 Å². The third-order valence-corrected chi connectivity index (χ3v) is 2.28. The Bertz CT molecular complexity index is 491. The van der Waals surface area contributed by atoms with Gasteiger partial charge >= 0.3 is 0 Å². The van der Waals surface area contributed by atoms with Crippen molar-refractivity contribution >= 4 is 5.91 Å². The summed E-state index contributed by atoms with van der Waals surface area (Å²) in [6, 6.07) is 3.80. The predicted molar refractivity (Wildman–Crippen MR) is 69.2 cm³/mol. The minimum atomic E-state index is -0.457. The van der Waals surface area contributed by atoms with E-state index in [1.165, 1.54) is 25.3 Å². The number of benzene rings is 1. The molecule has 1 rings (SSSR count). The van der Waals surface area contributed by atoms with Gasteiger partial charge in [0.05, 0.1) is 18.8 Å². The summed E-state index contributed by atoms with van der Waals surface area (Å²) in [6.07, 6.45) is 0.279. The molecule has 1 aromatic carbocycles. The second-order valence-corrected chi connectivity index (χ2v) is 3.71. The molecule has 0 saturated carbocycles. The highest BCUT2D eigenvalue weighted by Gasteiger charge is 2.10. The Morgan fingerprint density at radius 2 is 2.32 bits per heavy atom. The predicted octanol–water partition coefficient (Wildman–Crippen LogP) is 0.936. The van der Waals surface area contributed by atoms with Gasteiger partial charge < -0.3 is 15.2 Å². The van der Waals surface area contributed by atoms with Gasteiger partial charge in [-0.1, -0.05) is 11.8 Å². The molecule has 0 fully saturated rings.